The highest BCUT2D eigenvalue weighted by Crippen LogP contribution is 2.37. The molecule has 3 aromatic carbocycles. The van der Waals surface area contributed by atoms with Crippen molar-refractivity contribution < 1.29 is 22.0 Å². The molecule has 0 aliphatic carbocycles. The predicted octanol–water partition coefficient (Wildman–Crippen LogP) is 7.34. The van der Waals surface area contributed by atoms with Gasteiger partial charge >= 0.3 is 0 Å². The monoisotopic (exact) mass is 418 g/mol. The van der Waals surface area contributed by atoms with E-state index in [2.05, 4.69) is 0 Å². The number of hydrogen-bond donors (Lipinski definition) is 0. The van der Waals surface area contributed by atoms with Gasteiger partial charge in [-0.1, -0.05) is 52.0 Å². The molecule has 0 aliphatic heterocycles. The van der Waals surface area contributed by atoms with E-state index >= 15 is 0 Å². The van der Waals surface area contributed by atoms with E-state index in [9.17, 15) is 22.0 Å². The molecule has 5 heteroatoms. The highest BCUT2D eigenvalue weighted by atomic mass is 19.2. The van der Waals surface area contributed by atoms with Crippen molar-refractivity contribution in [1.82, 2.24) is 0 Å². The fourth-order valence-corrected chi connectivity index (χ4v) is 3.56. The highest BCUT2D eigenvalue weighted by Gasteiger charge is 2.29. The van der Waals surface area contributed by atoms with Gasteiger partial charge in [-0.3, -0.25) is 0 Å². The maximum atomic E-state index is 14.1. The Balaban J connectivity index is 1.99. The standard InChI is InChI=1S/C25H23F5/c1-14-19(26)10-17(11-20(14)27)24(2,3)15-6-8-16(9-7-15)25(4,5)18-12-21(28)23(30)22(29)13-18/h6-13H,1-5H3. The first kappa shape index (κ1) is 22.0. The Morgan fingerprint density at radius 2 is 0.800 bits per heavy atom. The zero-order valence-electron chi connectivity index (χ0n) is 17.5. The van der Waals surface area contributed by atoms with Crippen LogP contribution in [0.5, 0.6) is 0 Å². The van der Waals surface area contributed by atoms with Crippen LogP contribution in [-0.2, 0) is 10.8 Å². The lowest BCUT2D eigenvalue weighted by Gasteiger charge is -2.30. The highest BCUT2D eigenvalue weighted by molar-refractivity contribution is 5.44. The van der Waals surface area contributed by atoms with Gasteiger partial charge in [-0.2, -0.15) is 0 Å². The van der Waals surface area contributed by atoms with Gasteiger partial charge in [0.25, 0.3) is 0 Å². The second-order valence-corrected chi connectivity index (χ2v) is 8.65. The molecule has 0 bridgehead atoms. The summed E-state index contributed by atoms with van der Waals surface area (Å²) in [6.07, 6.45) is 0. The number of halogens is 5. The number of rotatable bonds is 4. The summed E-state index contributed by atoms with van der Waals surface area (Å²) in [7, 11) is 0. The molecule has 0 heterocycles. The molecule has 0 aliphatic rings. The molecule has 0 amide bonds. The van der Waals surface area contributed by atoms with Crippen molar-refractivity contribution in [3.8, 4) is 0 Å². The summed E-state index contributed by atoms with van der Waals surface area (Å²) in [5, 5.41) is 0. The van der Waals surface area contributed by atoms with E-state index in [1.807, 2.05) is 26.0 Å². The molecular formula is C25H23F5. The Labute approximate surface area is 173 Å². The van der Waals surface area contributed by atoms with Crippen molar-refractivity contribution in [2.24, 2.45) is 0 Å². The second-order valence-electron chi connectivity index (χ2n) is 8.65. The third kappa shape index (κ3) is 3.73. The normalized spacial score (nSPS) is 12.3. The maximum Gasteiger partial charge on any atom is 0.194 e. The van der Waals surface area contributed by atoms with E-state index < -0.39 is 39.9 Å². The average molecular weight is 418 g/mol. The predicted molar refractivity (Wildman–Crippen MR) is 108 cm³/mol. The lowest BCUT2D eigenvalue weighted by atomic mass is 9.74. The van der Waals surface area contributed by atoms with Crippen LogP contribution in [0.15, 0.2) is 48.5 Å². The molecule has 3 rings (SSSR count). The zero-order chi connectivity index (χ0) is 22.4. The molecule has 3 aromatic rings. The molecule has 0 aromatic heterocycles. The van der Waals surface area contributed by atoms with Crippen molar-refractivity contribution in [3.05, 3.63) is 105 Å². The minimum atomic E-state index is -1.50. The van der Waals surface area contributed by atoms with Crippen LogP contribution >= 0.6 is 0 Å². The molecule has 0 nitrogen and oxygen atoms in total. The maximum absolute atomic E-state index is 14.1. The lowest BCUT2D eigenvalue weighted by molar-refractivity contribution is 0.441. The molecule has 30 heavy (non-hydrogen) atoms. The summed E-state index contributed by atoms with van der Waals surface area (Å²) in [5.74, 6) is -5.17. The van der Waals surface area contributed by atoms with Gasteiger partial charge in [-0.05, 0) is 53.4 Å². The Bertz CT molecular complexity index is 961. The van der Waals surface area contributed by atoms with Crippen LogP contribution in [0.3, 0.4) is 0 Å². The Hall–Kier alpha value is -2.69. The van der Waals surface area contributed by atoms with Crippen molar-refractivity contribution >= 4 is 0 Å². The molecule has 0 N–H and O–H groups in total. The zero-order valence-corrected chi connectivity index (χ0v) is 17.5. The quantitative estimate of drug-likeness (QED) is 0.307. The van der Waals surface area contributed by atoms with Crippen molar-refractivity contribution in [2.75, 3.05) is 0 Å². The molecule has 0 saturated heterocycles. The van der Waals surface area contributed by atoms with Gasteiger partial charge in [0.05, 0.1) is 0 Å². The fraction of sp³-hybridized carbons (Fsp3) is 0.280. The van der Waals surface area contributed by atoms with Gasteiger partial charge in [-0.25, -0.2) is 22.0 Å². The molecule has 0 radical (unpaired) electrons. The van der Waals surface area contributed by atoms with Gasteiger partial charge in [-0.15, -0.1) is 0 Å². The average Bonchev–Trinajstić information content (AvgIpc) is 2.69. The van der Waals surface area contributed by atoms with E-state index in [0.717, 1.165) is 23.3 Å². The summed E-state index contributed by atoms with van der Waals surface area (Å²) < 4.78 is 68.9. The van der Waals surface area contributed by atoms with Gasteiger partial charge in [0.1, 0.15) is 11.6 Å². The third-order valence-corrected chi connectivity index (χ3v) is 6.04. The van der Waals surface area contributed by atoms with Crippen LogP contribution in [-0.4, -0.2) is 0 Å². The van der Waals surface area contributed by atoms with Gasteiger partial charge in [0, 0.05) is 16.4 Å². The van der Waals surface area contributed by atoms with E-state index in [1.54, 1.807) is 26.0 Å². The summed E-state index contributed by atoms with van der Waals surface area (Å²) in [5.41, 5.74) is 0.887. The molecule has 0 atom stereocenters. The largest absolute Gasteiger partial charge is 0.207 e. The molecule has 0 unspecified atom stereocenters. The topological polar surface area (TPSA) is 0 Å². The van der Waals surface area contributed by atoms with E-state index in [1.165, 1.54) is 19.1 Å². The van der Waals surface area contributed by atoms with Crippen LogP contribution in [0.4, 0.5) is 22.0 Å². The number of hydrogen-bond acceptors (Lipinski definition) is 0. The second kappa shape index (κ2) is 7.53. The van der Waals surface area contributed by atoms with E-state index in [0.29, 0.717) is 11.1 Å². The molecule has 0 fully saturated rings. The van der Waals surface area contributed by atoms with Gasteiger partial charge in [0.15, 0.2) is 17.5 Å². The molecule has 0 saturated carbocycles. The van der Waals surface area contributed by atoms with Crippen LogP contribution in [0.25, 0.3) is 0 Å². The van der Waals surface area contributed by atoms with Gasteiger partial charge in [0.2, 0.25) is 0 Å². The Morgan fingerprint density at radius 3 is 1.13 bits per heavy atom. The summed E-state index contributed by atoms with van der Waals surface area (Å²) in [6, 6.07) is 11.9. The van der Waals surface area contributed by atoms with E-state index in [-0.39, 0.29) is 5.56 Å². The Morgan fingerprint density at radius 1 is 0.500 bits per heavy atom. The smallest absolute Gasteiger partial charge is 0.194 e. The summed E-state index contributed by atoms with van der Waals surface area (Å²) >= 11 is 0. The first-order valence-electron chi connectivity index (χ1n) is 9.58. The minimum Gasteiger partial charge on any atom is -0.207 e. The van der Waals surface area contributed by atoms with Crippen LogP contribution in [0.1, 0.15) is 55.5 Å². The first-order chi connectivity index (χ1) is 13.9. The fourth-order valence-electron chi connectivity index (χ4n) is 3.56. The van der Waals surface area contributed by atoms with Crippen LogP contribution in [0, 0.1) is 36.0 Å². The molecule has 158 valence electrons. The van der Waals surface area contributed by atoms with Gasteiger partial charge < -0.3 is 0 Å². The number of benzene rings is 3. The minimum absolute atomic E-state index is 0.0228. The SMILES string of the molecule is Cc1c(F)cc(C(C)(C)c2ccc(C(C)(C)c3cc(F)c(F)c(F)c3)cc2)cc1F. The van der Waals surface area contributed by atoms with Crippen molar-refractivity contribution in [1.29, 1.82) is 0 Å². The first-order valence-corrected chi connectivity index (χ1v) is 9.58. The lowest BCUT2D eigenvalue weighted by Crippen LogP contribution is -2.22. The van der Waals surface area contributed by atoms with Crippen molar-refractivity contribution in [2.45, 2.75) is 45.4 Å². The van der Waals surface area contributed by atoms with E-state index in [4.69, 9.17) is 0 Å². The summed E-state index contributed by atoms with van der Waals surface area (Å²) in [6.45, 7) is 8.68. The van der Waals surface area contributed by atoms with Crippen LogP contribution < -0.4 is 0 Å². The molecular weight excluding hydrogens is 395 g/mol. The molecule has 0 spiro atoms. The van der Waals surface area contributed by atoms with Crippen molar-refractivity contribution in [3.63, 3.8) is 0 Å². The Kier molecular flexibility index (Phi) is 5.52. The summed E-state index contributed by atoms with van der Waals surface area (Å²) in [4.78, 5) is 0. The van der Waals surface area contributed by atoms with Crippen LogP contribution in [0.2, 0.25) is 0 Å². The third-order valence-electron chi connectivity index (χ3n) is 6.04.